The minimum absolute atomic E-state index is 0.0751. The molecule has 0 saturated heterocycles. The zero-order valence-electron chi connectivity index (χ0n) is 34.3. The molecule has 59 heavy (non-hydrogen) atoms. The molecule has 0 aromatic heterocycles. The van der Waals surface area contributed by atoms with Crippen LogP contribution in [-0.4, -0.2) is 6.54 Å². The predicted molar refractivity (Wildman–Crippen MR) is 248 cm³/mol. The van der Waals surface area contributed by atoms with Gasteiger partial charge in [0.15, 0.2) is 0 Å². The van der Waals surface area contributed by atoms with Gasteiger partial charge in [0, 0.05) is 52.2 Å². The highest BCUT2D eigenvalue weighted by Crippen LogP contribution is 2.58. The van der Waals surface area contributed by atoms with E-state index in [1.54, 1.807) is 11.1 Å². The molecule has 6 aromatic rings. The molecule has 0 N–H and O–H groups in total. The Balaban J connectivity index is 0.839. The Bertz CT molecular complexity index is 2810. The number of fused-ring (bicyclic) bond motifs is 10. The Kier molecular flexibility index (Phi) is 7.80. The van der Waals surface area contributed by atoms with Gasteiger partial charge in [0.2, 0.25) is 0 Å². The van der Waals surface area contributed by atoms with E-state index >= 15 is 0 Å². The lowest BCUT2D eigenvalue weighted by atomic mass is 9.74. The molecular formula is C57H50N2. The van der Waals surface area contributed by atoms with Crippen molar-refractivity contribution in [3.05, 3.63) is 207 Å². The van der Waals surface area contributed by atoms with Gasteiger partial charge in [-0.2, -0.15) is 0 Å². The summed E-state index contributed by atoms with van der Waals surface area (Å²) in [5.74, 6) is 0. The quantitative estimate of drug-likeness (QED) is 0.165. The summed E-state index contributed by atoms with van der Waals surface area (Å²) < 4.78 is 0. The predicted octanol–water partition coefficient (Wildman–Crippen LogP) is 14.4. The highest BCUT2D eigenvalue weighted by Gasteiger charge is 2.46. The molecule has 6 aromatic carbocycles. The van der Waals surface area contributed by atoms with Gasteiger partial charge in [-0.25, -0.2) is 0 Å². The first-order chi connectivity index (χ1) is 29.0. The molecule has 2 aliphatic heterocycles. The van der Waals surface area contributed by atoms with Crippen LogP contribution in [0.2, 0.25) is 0 Å². The zero-order chi connectivity index (χ0) is 39.3. The van der Waals surface area contributed by atoms with Crippen molar-refractivity contribution in [3.63, 3.8) is 0 Å². The molecule has 12 rings (SSSR count). The van der Waals surface area contributed by atoms with Crippen LogP contribution < -0.4 is 9.80 Å². The average Bonchev–Trinajstić information content (AvgIpc) is 3.86. The Morgan fingerprint density at radius 3 is 1.90 bits per heavy atom. The second-order valence-corrected chi connectivity index (χ2v) is 18.3. The fraction of sp³-hybridized carbons (Fsp3) is 0.228. The lowest BCUT2D eigenvalue weighted by Crippen LogP contribution is -2.25. The second-order valence-electron chi connectivity index (χ2n) is 18.3. The van der Waals surface area contributed by atoms with E-state index in [2.05, 4.69) is 181 Å². The van der Waals surface area contributed by atoms with E-state index in [0.717, 1.165) is 25.8 Å². The molecular weight excluding hydrogens is 713 g/mol. The molecule has 0 unspecified atom stereocenters. The molecule has 2 heterocycles. The number of benzene rings is 6. The van der Waals surface area contributed by atoms with Gasteiger partial charge < -0.3 is 9.80 Å². The van der Waals surface area contributed by atoms with Crippen LogP contribution in [0.15, 0.2) is 157 Å². The van der Waals surface area contributed by atoms with Gasteiger partial charge in [-0.3, -0.25) is 0 Å². The summed E-state index contributed by atoms with van der Waals surface area (Å²) in [5, 5.41) is 0. The third-order valence-corrected chi connectivity index (χ3v) is 14.8. The normalized spacial score (nSPS) is 18.8. The van der Waals surface area contributed by atoms with E-state index in [9.17, 15) is 0 Å². The number of anilines is 4. The lowest BCUT2D eigenvalue weighted by Gasteiger charge is -2.34. The number of nitrogens with zero attached hydrogens (tertiary/aromatic N) is 2. The first-order valence-electron chi connectivity index (χ1n) is 22.0. The van der Waals surface area contributed by atoms with Crippen LogP contribution in [0.1, 0.15) is 102 Å². The lowest BCUT2D eigenvalue weighted by molar-refractivity contribution is 0.524. The molecule has 4 aliphatic carbocycles. The van der Waals surface area contributed by atoms with E-state index < -0.39 is 0 Å². The number of hydrogen-bond donors (Lipinski definition) is 0. The van der Waals surface area contributed by atoms with Crippen molar-refractivity contribution in [2.75, 3.05) is 16.3 Å². The number of rotatable bonds is 4. The zero-order valence-corrected chi connectivity index (χ0v) is 34.3. The third kappa shape index (κ3) is 5.31. The van der Waals surface area contributed by atoms with E-state index in [4.69, 9.17) is 0 Å². The first-order valence-corrected chi connectivity index (χ1v) is 22.0. The van der Waals surface area contributed by atoms with Crippen molar-refractivity contribution in [2.45, 2.75) is 76.0 Å². The molecule has 288 valence electrons. The van der Waals surface area contributed by atoms with Gasteiger partial charge in [0.25, 0.3) is 0 Å². The molecule has 0 amide bonds. The van der Waals surface area contributed by atoms with Gasteiger partial charge in [0.1, 0.15) is 0 Å². The number of para-hydroxylation sites is 3. The van der Waals surface area contributed by atoms with Crippen LogP contribution in [0.4, 0.5) is 22.7 Å². The summed E-state index contributed by atoms with van der Waals surface area (Å²) >= 11 is 0. The van der Waals surface area contributed by atoms with E-state index in [0.29, 0.717) is 0 Å². The molecule has 6 aliphatic rings. The highest BCUT2D eigenvalue weighted by atomic mass is 15.2. The monoisotopic (exact) mass is 762 g/mol. The summed E-state index contributed by atoms with van der Waals surface area (Å²) in [6.07, 6.45) is 21.5. The van der Waals surface area contributed by atoms with Crippen LogP contribution in [0.25, 0.3) is 28.9 Å². The molecule has 0 atom stereocenters. The fourth-order valence-corrected chi connectivity index (χ4v) is 11.9. The summed E-state index contributed by atoms with van der Waals surface area (Å²) in [7, 11) is 0. The molecule has 1 fully saturated rings. The van der Waals surface area contributed by atoms with Crippen molar-refractivity contribution in [3.8, 4) is 11.1 Å². The summed E-state index contributed by atoms with van der Waals surface area (Å²) in [4.78, 5) is 5.04. The molecule has 2 heteroatoms. The van der Waals surface area contributed by atoms with Crippen LogP contribution in [0.3, 0.4) is 0 Å². The van der Waals surface area contributed by atoms with Crippen molar-refractivity contribution in [2.24, 2.45) is 0 Å². The van der Waals surface area contributed by atoms with Crippen LogP contribution in [-0.2, 0) is 23.7 Å². The number of aryl methyl sites for hydroxylation is 1. The maximum absolute atomic E-state index is 2.54. The first kappa shape index (κ1) is 34.9. The molecule has 2 nitrogen and oxygen atoms in total. The Labute approximate surface area is 349 Å². The van der Waals surface area contributed by atoms with Crippen LogP contribution in [0, 0.1) is 0 Å². The second kappa shape index (κ2) is 13.2. The maximum Gasteiger partial charge on any atom is 0.0496 e. The molecule has 1 saturated carbocycles. The largest absolute Gasteiger partial charge is 0.341 e. The highest BCUT2D eigenvalue weighted by molar-refractivity contribution is 5.90. The summed E-state index contributed by atoms with van der Waals surface area (Å²) in [6, 6.07) is 48.5. The number of allylic oxidation sites excluding steroid dienone is 5. The maximum atomic E-state index is 2.54. The Hall–Kier alpha value is -6.12. The number of hydrogen-bond acceptors (Lipinski definition) is 2. The molecule has 0 bridgehead atoms. The van der Waals surface area contributed by atoms with Gasteiger partial charge in [-0.1, -0.05) is 148 Å². The molecule has 1 spiro atoms. The van der Waals surface area contributed by atoms with E-state index in [1.807, 2.05) is 0 Å². The smallest absolute Gasteiger partial charge is 0.0496 e. The minimum Gasteiger partial charge on any atom is -0.341 e. The minimum atomic E-state index is -0.0751. The van der Waals surface area contributed by atoms with E-state index in [-0.39, 0.29) is 10.8 Å². The van der Waals surface area contributed by atoms with Crippen molar-refractivity contribution in [1.29, 1.82) is 0 Å². The van der Waals surface area contributed by atoms with Gasteiger partial charge in [-0.05, 0) is 141 Å². The van der Waals surface area contributed by atoms with Crippen LogP contribution >= 0.6 is 0 Å². The molecule has 0 radical (unpaired) electrons. The SMILES string of the molecule is CC1(C)c2cc(C=Cc3ccc4c(c3)C3(CCCC3)C3=C4C=CC(N4c5ccccc5Cc5ccccc54)=CC3)ccc2-c2ccc(N3CCCc4ccccc43)cc21. The van der Waals surface area contributed by atoms with E-state index in [1.165, 1.54) is 122 Å². The van der Waals surface area contributed by atoms with Gasteiger partial charge in [0.05, 0.1) is 0 Å². The topological polar surface area (TPSA) is 6.48 Å². The van der Waals surface area contributed by atoms with Crippen molar-refractivity contribution < 1.29 is 0 Å². The summed E-state index contributed by atoms with van der Waals surface area (Å²) in [6.45, 7) is 5.89. The van der Waals surface area contributed by atoms with Gasteiger partial charge >= 0.3 is 0 Å². The van der Waals surface area contributed by atoms with Gasteiger partial charge in [-0.15, -0.1) is 0 Å². The standard InChI is InChI=1S/C57H50N2/c1-56(2)50-34-38(21-26-46(50)47-29-24-44(37-51(47)56)58-33-11-15-40-12-3-6-16-53(40)58)19-20-39-22-27-48-45-28-23-43(25-30-49(45)57(52(48)35-39)31-9-10-32-57)59-54-17-7-4-13-41(54)36-42-14-5-8-18-55(42)59/h3-8,12-14,16-29,34-35,37H,9-11,15,30-33,36H2,1-2H3. The fourth-order valence-electron chi connectivity index (χ4n) is 11.9. The Morgan fingerprint density at radius 2 is 1.17 bits per heavy atom. The van der Waals surface area contributed by atoms with Crippen molar-refractivity contribution in [1.82, 2.24) is 0 Å². The summed E-state index contributed by atoms with van der Waals surface area (Å²) in [5.41, 5.74) is 25.1. The van der Waals surface area contributed by atoms with Crippen LogP contribution in [0.5, 0.6) is 0 Å². The third-order valence-electron chi connectivity index (χ3n) is 14.8. The Morgan fingerprint density at radius 1 is 0.559 bits per heavy atom. The average molecular weight is 763 g/mol. The van der Waals surface area contributed by atoms with Crippen molar-refractivity contribution >= 4 is 40.5 Å².